The Kier molecular flexibility index (Phi) is 5.70. The molecule has 6 nitrogen and oxygen atoms in total. The Morgan fingerprint density at radius 2 is 2.04 bits per heavy atom. The van der Waals surface area contributed by atoms with Gasteiger partial charge in [0.25, 0.3) is 5.56 Å². The first kappa shape index (κ1) is 19.2. The van der Waals surface area contributed by atoms with Gasteiger partial charge in [0.2, 0.25) is 5.91 Å². The van der Waals surface area contributed by atoms with E-state index in [1.54, 1.807) is 30.9 Å². The number of likely N-dealkylation sites (tertiary alicyclic amines) is 1. The Morgan fingerprint density at radius 1 is 1.33 bits per heavy atom. The van der Waals surface area contributed by atoms with E-state index in [2.05, 4.69) is 9.97 Å². The first-order valence-corrected chi connectivity index (χ1v) is 9.20. The average Bonchev–Trinajstić information content (AvgIpc) is 2.61. The van der Waals surface area contributed by atoms with Crippen molar-refractivity contribution in [3.05, 3.63) is 63.1 Å². The van der Waals surface area contributed by atoms with E-state index < -0.39 is 0 Å². The molecule has 144 valence electrons. The quantitative estimate of drug-likeness (QED) is 0.856. The predicted molar refractivity (Wildman–Crippen MR) is 101 cm³/mol. The number of hydrogen-bond acceptors (Lipinski definition) is 4. The van der Waals surface area contributed by atoms with Gasteiger partial charge in [0, 0.05) is 42.7 Å². The molecule has 1 saturated heterocycles. The van der Waals surface area contributed by atoms with Crippen molar-refractivity contribution in [3.63, 3.8) is 0 Å². The summed E-state index contributed by atoms with van der Waals surface area (Å²) in [5, 5.41) is 0. The average molecular weight is 372 g/mol. The number of benzene rings is 1. The van der Waals surface area contributed by atoms with E-state index in [0.717, 1.165) is 12.0 Å². The van der Waals surface area contributed by atoms with Crippen LogP contribution in [-0.4, -0.2) is 39.9 Å². The maximum atomic E-state index is 13.1. The third-order valence-corrected chi connectivity index (χ3v) is 5.24. The smallest absolute Gasteiger partial charge is 0.254 e. The van der Waals surface area contributed by atoms with Gasteiger partial charge in [0.15, 0.2) is 0 Å². The van der Waals surface area contributed by atoms with Crippen molar-refractivity contribution in [2.24, 2.45) is 5.73 Å². The fourth-order valence-corrected chi connectivity index (χ4v) is 3.77. The number of carbonyl (C=O) groups is 1. The van der Waals surface area contributed by atoms with Crippen LogP contribution < -0.4 is 11.3 Å². The lowest BCUT2D eigenvalue weighted by molar-refractivity contribution is -0.132. The van der Waals surface area contributed by atoms with Crippen LogP contribution in [0.25, 0.3) is 0 Å². The second-order valence-corrected chi connectivity index (χ2v) is 7.17. The number of aromatic amines is 1. The maximum absolute atomic E-state index is 13.1. The third kappa shape index (κ3) is 4.42. The van der Waals surface area contributed by atoms with E-state index in [1.165, 1.54) is 12.1 Å². The molecule has 0 bridgehead atoms. The highest BCUT2D eigenvalue weighted by atomic mass is 19.1. The largest absolute Gasteiger partial charge is 0.341 e. The van der Waals surface area contributed by atoms with Crippen molar-refractivity contribution in [1.82, 2.24) is 14.9 Å². The van der Waals surface area contributed by atoms with Gasteiger partial charge in [-0.3, -0.25) is 9.59 Å². The SMILES string of the molecule is Cc1nc(C)c(CCC(=O)N2CC[C@H](c3ccc(F)cc3)[C@@H](N)C2)c(=O)[nH]1. The van der Waals surface area contributed by atoms with Crippen molar-refractivity contribution in [1.29, 1.82) is 0 Å². The minimum atomic E-state index is -0.268. The van der Waals surface area contributed by atoms with Gasteiger partial charge in [-0.2, -0.15) is 0 Å². The van der Waals surface area contributed by atoms with Crippen LogP contribution in [0, 0.1) is 19.7 Å². The van der Waals surface area contributed by atoms with Crippen LogP contribution in [0.5, 0.6) is 0 Å². The Bertz CT molecular complexity index is 879. The first-order valence-electron chi connectivity index (χ1n) is 9.20. The molecule has 1 aliphatic rings. The predicted octanol–water partition coefficient (Wildman–Crippen LogP) is 1.80. The summed E-state index contributed by atoms with van der Waals surface area (Å²) in [4.78, 5) is 33.3. The lowest BCUT2D eigenvalue weighted by atomic mass is 9.85. The Balaban J connectivity index is 1.59. The molecule has 2 heterocycles. The number of nitrogens with one attached hydrogen (secondary N) is 1. The summed E-state index contributed by atoms with van der Waals surface area (Å²) in [6, 6.07) is 6.21. The molecule has 0 aliphatic carbocycles. The molecule has 2 atom stereocenters. The number of halogens is 1. The molecule has 3 N–H and O–H groups in total. The molecule has 1 aromatic heterocycles. The second kappa shape index (κ2) is 8.00. The number of hydrogen-bond donors (Lipinski definition) is 2. The third-order valence-electron chi connectivity index (χ3n) is 5.24. The summed E-state index contributed by atoms with van der Waals surface area (Å²) in [6.45, 7) is 4.58. The van der Waals surface area contributed by atoms with E-state index in [4.69, 9.17) is 5.73 Å². The van der Waals surface area contributed by atoms with E-state index >= 15 is 0 Å². The van der Waals surface area contributed by atoms with Gasteiger partial charge in [-0.1, -0.05) is 12.1 Å². The van der Waals surface area contributed by atoms with Crippen LogP contribution in [0.15, 0.2) is 29.1 Å². The van der Waals surface area contributed by atoms with Crippen molar-refractivity contribution in [2.75, 3.05) is 13.1 Å². The lowest BCUT2D eigenvalue weighted by Gasteiger charge is -2.37. The van der Waals surface area contributed by atoms with Crippen molar-refractivity contribution in [2.45, 2.75) is 45.1 Å². The van der Waals surface area contributed by atoms with Gasteiger partial charge in [0.05, 0.1) is 0 Å². The van der Waals surface area contributed by atoms with Crippen LogP contribution in [0.4, 0.5) is 4.39 Å². The molecule has 2 aromatic rings. The van der Waals surface area contributed by atoms with Gasteiger partial charge in [-0.05, 0) is 44.4 Å². The van der Waals surface area contributed by atoms with Crippen LogP contribution in [-0.2, 0) is 11.2 Å². The van der Waals surface area contributed by atoms with Gasteiger partial charge < -0.3 is 15.6 Å². The molecule has 3 rings (SSSR count). The summed E-state index contributed by atoms with van der Waals surface area (Å²) < 4.78 is 13.1. The molecule has 7 heteroatoms. The fraction of sp³-hybridized carbons (Fsp3) is 0.450. The van der Waals surface area contributed by atoms with Crippen LogP contribution in [0.3, 0.4) is 0 Å². The monoisotopic (exact) mass is 372 g/mol. The molecule has 1 amide bonds. The Hall–Kier alpha value is -2.54. The minimum absolute atomic E-state index is 0.0117. The van der Waals surface area contributed by atoms with Gasteiger partial charge in [-0.25, -0.2) is 9.37 Å². The Morgan fingerprint density at radius 3 is 2.67 bits per heavy atom. The molecular formula is C20H25FN4O2. The first-order chi connectivity index (χ1) is 12.8. The van der Waals surface area contributed by atoms with Gasteiger partial charge in [-0.15, -0.1) is 0 Å². The highest BCUT2D eigenvalue weighted by molar-refractivity contribution is 5.76. The summed E-state index contributed by atoms with van der Waals surface area (Å²) in [6.07, 6.45) is 1.35. The summed E-state index contributed by atoms with van der Waals surface area (Å²) in [5.74, 6) is 0.403. The van der Waals surface area contributed by atoms with Crippen molar-refractivity contribution < 1.29 is 9.18 Å². The number of aromatic nitrogens is 2. The van der Waals surface area contributed by atoms with E-state index in [0.29, 0.717) is 36.6 Å². The maximum Gasteiger partial charge on any atom is 0.254 e. The van der Waals surface area contributed by atoms with Crippen LogP contribution >= 0.6 is 0 Å². The number of aryl methyl sites for hydroxylation is 2. The number of nitrogens with two attached hydrogens (primary N) is 1. The summed E-state index contributed by atoms with van der Waals surface area (Å²) >= 11 is 0. The van der Waals surface area contributed by atoms with Crippen LogP contribution in [0.2, 0.25) is 0 Å². The topological polar surface area (TPSA) is 92.1 Å². The van der Waals surface area contributed by atoms with Gasteiger partial charge in [0.1, 0.15) is 11.6 Å². The standard InChI is InChI=1S/C20H25FN4O2/c1-12-16(20(27)24-13(2)23-12)7-8-19(26)25-10-9-17(18(22)11-25)14-3-5-15(21)6-4-14/h3-6,17-18H,7-11,22H2,1-2H3,(H,23,24,27)/t17-,18+/m1/s1. The van der Waals surface area contributed by atoms with Gasteiger partial charge >= 0.3 is 0 Å². The number of piperidine rings is 1. The molecule has 0 unspecified atom stereocenters. The van der Waals surface area contributed by atoms with E-state index in [9.17, 15) is 14.0 Å². The number of carbonyl (C=O) groups excluding carboxylic acids is 1. The normalized spacial score (nSPS) is 19.9. The molecule has 0 spiro atoms. The molecule has 1 aromatic carbocycles. The highest BCUT2D eigenvalue weighted by Gasteiger charge is 2.30. The lowest BCUT2D eigenvalue weighted by Crippen LogP contribution is -2.49. The van der Waals surface area contributed by atoms with E-state index in [-0.39, 0.29) is 35.7 Å². The Labute approximate surface area is 157 Å². The fourth-order valence-electron chi connectivity index (χ4n) is 3.77. The molecule has 1 fully saturated rings. The molecular weight excluding hydrogens is 347 g/mol. The molecule has 0 saturated carbocycles. The zero-order valence-corrected chi connectivity index (χ0v) is 15.7. The second-order valence-electron chi connectivity index (χ2n) is 7.17. The minimum Gasteiger partial charge on any atom is -0.341 e. The molecule has 27 heavy (non-hydrogen) atoms. The summed E-state index contributed by atoms with van der Waals surface area (Å²) in [7, 11) is 0. The number of H-pyrrole nitrogens is 1. The number of amides is 1. The zero-order valence-electron chi connectivity index (χ0n) is 15.7. The van der Waals surface area contributed by atoms with E-state index in [1.807, 2.05) is 0 Å². The zero-order chi connectivity index (χ0) is 19.6. The highest BCUT2D eigenvalue weighted by Crippen LogP contribution is 2.27. The molecule has 1 aliphatic heterocycles. The van der Waals surface area contributed by atoms with Crippen molar-refractivity contribution >= 4 is 5.91 Å². The van der Waals surface area contributed by atoms with Crippen LogP contribution in [0.1, 0.15) is 41.4 Å². The number of rotatable bonds is 4. The number of nitrogens with zero attached hydrogens (tertiary/aromatic N) is 2. The summed E-state index contributed by atoms with van der Waals surface area (Å²) in [5.41, 5.74) is 8.34. The molecule has 0 radical (unpaired) electrons. The van der Waals surface area contributed by atoms with Crippen molar-refractivity contribution in [3.8, 4) is 0 Å².